The first-order valence-corrected chi connectivity index (χ1v) is 6.29. The molecule has 0 aromatic rings. The zero-order valence-electron chi connectivity index (χ0n) is 11.1. The fraction of sp³-hybridized carbons (Fsp3) is 0.692. The predicted molar refractivity (Wildman–Crippen MR) is 65.4 cm³/mol. The van der Waals surface area contributed by atoms with Gasteiger partial charge in [-0.3, -0.25) is 9.63 Å². The zero-order valence-corrected chi connectivity index (χ0v) is 11.1. The van der Waals surface area contributed by atoms with Crippen LogP contribution in [0.2, 0.25) is 0 Å². The predicted octanol–water partition coefficient (Wildman–Crippen LogP) is 1.04. The van der Waals surface area contributed by atoms with Crippen LogP contribution >= 0.6 is 0 Å². The van der Waals surface area contributed by atoms with Crippen LogP contribution in [0.1, 0.15) is 26.7 Å². The number of nitriles is 1. The van der Waals surface area contributed by atoms with E-state index in [1.54, 1.807) is 6.19 Å². The largest absolute Gasteiger partial charge is 0.463 e. The summed E-state index contributed by atoms with van der Waals surface area (Å²) in [7, 11) is 0. The van der Waals surface area contributed by atoms with E-state index in [4.69, 9.17) is 19.6 Å². The summed E-state index contributed by atoms with van der Waals surface area (Å²) in [6, 6.07) is 0. The summed E-state index contributed by atoms with van der Waals surface area (Å²) in [5.41, 5.74) is 2.55. The lowest BCUT2D eigenvalue weighted by molar-refractivity contribution is -0.141. The SMILES string of the molecule is C=C1[C@@H](ONC#N)CC(C)C[C@@]12O[C@H]2COC(C)=O. The third-order valence-corrected chi connectivity index (χ3v) is 3.70. The van der Waals surface area contributed by atoms with Crippen LogP contribution in [0.15, 0.2) is 12.2 Å². The van der Waals surface area contributed by atoms with Crippen molar-refractivity contribution in [3.8, 4) is 6.19 Å². The number of carbonyl (C=O) groups excluding carboxylic acids is 1. The van der Waals surface area contributed by atoms with Crippen LogP contribution in [0, 0.1) is 17.4 Å². The molecule has 1 N–H and O–H groups in total. The van der Waals surface area contributed by atoms with Crippen molar-refractivity contribution < 1.29 is 19.1 Å². The minimum atomic E-state index is -0.463. The Hall–Kier alpha value is -1.58. The van der Waals surface area contributed by atoms with Crippen LogP contribution < -0.4 is 5.48 Å². The van der Waals surface area contributed by atoms with E-state index in [1.807, 2.05) is 0 Å². The highest BCUT2D eigenvalue weighted by Gasteiger charge is 2.62. The van der Waals surface area contributed by atoms with E-state index in [-0.39, 0.29) is 24.8 Å². The molecule has 0 amide bonds. The Morgan fingerprint density at radius 2 is 2.47 bits per heavy atom. The monoisotopic (exact) mass is 266 g/mol. The van der Waals surface area contributed by atoms with E-state index < -0.39 is 5.60 Å². The molecule has 104 valence electrons. The van der Waals surface area contributed by atoms with Gasteiger partial charge < -0.3 is 9.47 Å². The second kappa shape index (κ2) is 5.19. The standard InChI is InChI=1S/C13H18N2O4/c1-8-4-11(19-15-7-14)9(2)13(5-8)12(18-13)6-17-10(3)16/h8,11-12,15H,2,4-6H2,1,3H3/t8?,11-,12-,13+/m0/s1. The van der Waals surface area contributed by atoms with E-state index in [9.17, 15) is 4.79 Å². The van der Waals surface area contributed by atoms with E-state index in [1.165, 1.54) is 6.92 Å². The van der Waals surface area contributed by atoms with Crippen LogP contribution in [0.3, 0.4) is 0 Å². The molecular formula is C13H18N2O4. The van der Waals surface area contributed by atoms with Crippen LogP contribution in [-0.4, -0.2) is 30.4 Å². The molecular weight excluding hydrogens is 248 g/mol. The highest BCUT2D eigenvalue weighted by molar-refractivity contribution is 5.66. The maximum absolute atomic E-state index is 10.8. The molecule has 1 saturated heterocycles. The summed E-state index contributed by atoms with van der Waals surface area (Å²) in [4.78, 5) is 16.1. The number of nitrogens with one attached hydrogen (secondary N) is 1. The number of ether oxygens (including phenoxy) is 2. The highest BCUT2D eigenvalue weighted by Crippen LogP contribution is 2.53. The molecule has 0 bridgehead atoms. The van der Waals surface area contributed by atoms with E-state index in [2.05, 4.69) is 19.0 Å². The second-order valence-electron chi connectivity index (χ2n) is 5.19. The van der Waals surface area contributed by atoms with Crippen molar-refractivity contribution >= 4 is 5.97 Å². The van der Waals surface area contributed by atoms with Crippen molar-refractivity contribution in [3.63, 3.8) is 0 Å². The van der Waals surface area contributed by atoms with E-state index in [0.29, 0.717) is 5.92 Å². The van der Waals surface area contributed by atoms with Gasteiger partial charge in [-0.05, 0) is 24.3 Å². The Morgan fingerprint density at radius 1 is 1.74 bits per heavy atom. The number of carbonyl (C=O) groups is 1. The molecule has 6 heteroatoms. The molecule has 0 aromatic heterocycles. The van der Waals surface area contributed by atoms with Crippen molar-refractivity contribution in [1.82, 2.24) is 5.48 Å². The average molecular weight is 266 g/mol. The lowest BCUT2D eigenvalue weighted by atomic mass is 9.75. The number of hydroxylamine groups is 1. The number of nitrogens with zero attached hydrogens (tertiary/aromatic N) is 1. The van der Waals surface area contributed by atoms with E-state index in [0.717, 1.165) is 18.4 Å². The lowest BCUT2D eigenvalue weighted by Crippen LogP contribution is -2.39. The van der Waals surface area contributed by atoms with Gasteiger partial charge in [0.25, 0.3) is 0 Å². The maximum atomic E-state index is 10.8. The zero-order chi connectivity index (χ0) is 14.0. The van der Waals surface area contributed by atoms with Crippen LogP contribution in [0.5, 0.6) is 0 Å². The van der Waals surface area contributed by atoms with Crippen molar-refractivity contribution in [3.05, 3.63) is 12.2 Å². The van der Waals surface area contributed by atoms with Crippen LogP contribution in [0.25, 0.3) is 0 Å². The lowest BCUT2D eigenvalue weighted by Gasteiger charge is -2.33. The fourth-order valence-corrected chi connectivity index (χ4v) is 2.77. The van der Waals surface area contributed by atoms with Crippen molar-refractivity contribution in [2.24, 2.45) is 5.92 Å². The molecule has 1 heterocycles. The van der Waals surface area contributed by atoms with Gasteiger partial charge in [0.15, 0.2) is 0 Å². The quantitative estimate of drug-likeness (QED) is 0.204. The van der Waals surface area contributed by atoms with Crippen molar-refractivity contribution in [1.29, 1.82) is 5.26 Å². The molecule has 2 rings (SSSR count). The van der Waals surface area contributed by atoms with Gasteiger partial charge in [0.2, 0.25) is 6.19 Å². The molecule has 1 aliphatic carbocycles. The highest BCUT2D eigenvalue weighted by atomic mass is 16.7. The van der Waals surface area contributed by atoms with Gasteiger partial charge in [0.05, 0.1) is 0 Å². The first-order chi connectivity index (χ1) is 8.99. The Morgan fingerprint density at radius 3 is 3.11 bits per heavy atom. The van der Waals surface area contributed by atoms with Gasteiger partial charge in [-0.25, -0.2) is 5.48 Å². The van der Waals surface area contributed by atoms with Crippen molar-refractivity contribution in [2.45, 2.75) is 44.5 Å². The molecule has 2 fully saturated rings. The summed E-state index contributed by atoms with van der Waals surface area (Å²) in [6.45, 7) is 7.74. The summed E-state index contributed by atoms with van der Waals surface area (Å²) >= 11 is 0. The number of hydrogen-bond donors (Lipinski definition) is 1. The van der Waals surface area contributed by atoms with Gasteiger partial charge in [-0.15, -0.1) is 0 Å². The smallest absolute Gasteiger partial charge is 0.302 e. The van der Waals surface area contributed by atoms with Gasteiger partial charge in [-0.2, -0.15) is 5.26 Å². The Bertz CT molecular complexity index is 431. The van der Waals surface area contributed by atoms with Crippen LogP contribution in [0.4, 0.5) is 0 Å². The van der Waals surface area contributed by atoms with Gasteiger partial charge in [0, 0.05) is 6.92 Å². The first kappa shape index (κ1) is 13.8. The summed E-state index contributed by atoms with van der Waals surface area (Å²) in [6.07, 6.45) is 2.94. The Labute approximate surface area is 112 Å². The number of epoxide rings is 1. The fourth-order valence-electron chi connectivity index (χ4n) is 2.77. The summed E-state index contributed by atoms with van der Waals surface area (Å²) < 4.78 is 10.7. The molecule has 19 heavy (non-hydrogen) atoms. The number of hydrogen-bond acceptors (Lipinski definition) is 6. The molecule has 2 aliphatic rings. The number of rotatable bonds is 4. The molecule has 1 saturated carbocycles. The minimum Gasteiger partial charge on any atom is -0.463 e. The van der Waals surface area contributed by atoms with Crippen molar-refractivity contribution in [2.75, 3.05) is 6.61 Å². The molecule has 4 atom stereocenters. The molecule has 0 radical (unpaired) electrons. The molecule has 0 aromatic carbocycles. The maximum Gasteiger partial charge on any atom is 0.302 e. The Kier molecular flexibility index (Phi) is 3.78. The van der Waals surface area contributed by atoms with E-state index >= 15 is 0 Å². The third-order valence-electron chi connectivity index (χ3n) is 3.70. The van der Waals surface area contributed by atoms with Gasteiger partial charge in [-0.1, -0.05) is 13.5 Å². The summed E-state index contributed by atoms with van der Waals surface area (Å²) in [5.74, 6) is 0.0670. The van der Waals surface area contributed by atoms with Gasteiger partial charge in [0.1, 0.15) is 24.4 Å². The second-order valence-corrected chi connectivity index (χ2v) is 5.19. The molecule has 1 aliphatic heterocycles. The normalized spacial score (nSPS) is 36.7. The molecule has 6 nitrogen and oxygen atoms in total. The minimum absolute atomic E-state index is 0.153. The average Bonchev–Trinajstić information content (AvgIpc) is 3.03. The Balaban J connectivity index is 1.99. The molecule has 1 spiro atoms. The third kappa shape index (κ3) is 2.72. The molecule has 1 unspecified atom stereocenters. The summed E-state index contributed by atoms with van der Waals surface area (Å²) in [5, 5.41) is 8.49. The van der Waals surface area contributed by atoms with Crippen LogP contribution in [-0.2, 0) is 19.1 Å². The van der Waals surface area contributed by atoms with Gasteiger partial charge >= 0.3 is 5.97 Å². The first-order valence-electron chi connectivity index (χ1n) is 6.29. The number of esters is 1. The topological polar surface area (TPSA) is 83.9 Å².